The Kier molecular flexibility index (Phi) is 4.64. The third-order valence-corrected chi connectivity index (χ3v) is 4.59. The molecule has 1 aromatic carbocycles. The van der Waals surface area contributed by atoms with Crippen LogP contribution in [0, 0.1) is 6.92 Å². The number of nitrogens with zero attached hydrogens (tertiary/aromatic N) is 2. The van der Waals surface area contributed by atoms with Crippen LogP contribution in [0.4, 0.5) is 0 Å². The van der Waals surface area contributed by atoms with E-state index in [1.54, 1.807) is 0 Å². The molecular weight excluding hydrogens is 298 g/mol. The average molecular weight is 322 g/mol. The second-order valence-corrected chi connectivity index (χ2v) is 6.95. The molecule has 0 saturated heterocycles. The quantitative estimate of drug-likeness (QED) is 0.933. The molecule has 1 saturated carbocycles. The van der Waals surface area contributed by atoms with Gasteiger partial charge in [0.1, 0.15) is 0 Å². The Labute approximate surface area is 137 Å². The summed E-state index contributed by atoms with van der Waals surface area (Å²) in [6.45, 7) is 6.49. The van der Waals surface area contributed by atoms with Crippen LogP contribution in [0.5, 0.6) is 0 Å². The van der Waals surface area contributed by atoms with Crippen molar-refractivity contribution in [1.82, 2.24) is 10.1 Å². The SMILES string of the molecule is Cc1ccc(C(C)(C)Cc2nc(C3(N)CCC3)no2)cc1.Cl. The van der Waals surface area contributed by atoms with Gasteiger partial charge in [-0.3, -0.25) is 0 Å². The highest BCUT2D eigenvalue weighted by molar-refractivity contribution is 5.85. The molecule has 0 bridgehead atoms. The van der Waals surface area contributed by atoms with E-state index in [4.69, 9.17) is 10.3 Å². The van der Waals surface area contributed by atoms with Crippen LogP contribution < -0.4 is 5.73 Å². The van der Waals surface area contributed by atoms with Gasteiger partial charge in [0, 0.05) is 6.42 Å². The van der Waals surface area contributed by atoms with Crippen LogP contribution in [-0.2, 0) is 17.4 Å². The van der Waals surface area contributed by atoms with Crippen molar-refractivity contribution in [2.24, 2.45) is 5.73 Å². The Bertz CT molecular complexity index is 630. The molecule has 0 amide bonds. The summed E-state index contributed by atoms with van der Waals surface area (Å²) in [5, 5.41) is 4.09. The molecule has 1 aliphatic rings. The van der Waals surface area contributed by atoms with Gasteiger partial charge in [0.05, 0.1) is 5.54 Å². The third-order valence-electron chi connectivity index (χ3n) is 4.59. The predicted molar refractivity (Wildman–Crippen MR) is 89.2 cm³/mol. The summed E-state index contributed by atoms with van der Waals surface area (Å²) in [5.74, 6) is 1.34. The molecule has 1 heterocycles. The molecule has 2 N–H and O–H groups in total. The zero-order valence-corrected chi connectivity index (χ0v) is 14.2. The second-order valence-electron chi connectivity index (χ2n) is 6.95. The highest BCUT2D eigenvalue weighted by Crippen LogP contribution is 2.37. The predicted octanol–water partition coefficient (Wildman–Crippen LogP) is 3.66. The molecular formula is C17H24ClN3O. The van der Waals surface area contributed by atoms with E-state index in [-0.39, 0.29) is 23.4 Å². The number of hydrogen-bond acceptors (Lipinski definition) is 4. The summed E-state index contributed by atoms with van der Waals surface area (Å²) in [6.07, 6.45) is 3.77. The van der Waals surface area contributed by atoms with Crippen LogP contribution in [-0.4, -0.2) is 10.1 Å². The van der Waals surface area contributed by atoms with Gasteiger partial charge in [-0.1, -0.05) is 48.8 Å². The molecule has 3 rings (SSSR count). The van der Waals surface area contributed by atoms with Crippen molar-refractivity contribution in [3.8, 4) is 0 Å². The fourth-order valence-electron chi connectivity index (χ4n) is 2.80. The fourth-order valence-corrected chi connectivity index (χ4v) is 2.80. The smallest absolute Gasteiger partial charge is 0.227 e. The van der Waals surface area contributed by atoms with Gasteiger partial charge in [-0.05, 0) is 37.2 Å². The minimum absolute atomic E-state index is 0. The van der Waals surface area contributed by atoms with E-state index in [0.717, 1.165) is 25.7 Å². The Hall–Kier alpha value is -1.39. The standard InChI is InChI=1S/C17H23N3O.ClH/c1-12-5-7-13(8-6-12)16(2,3)11-14-19-15(20-21-14)17(18)9-4-10-17;/h5-8H,4,9-11,18H2,1-3H3;1H. The molecule has 0 atom stereocenters. The second kappa shape index (κ2) is 6.01. The molecule has 1 aromatic heterocycles. The van der Waals surface area contributed by atoms with E-state index in [1.807, 2.05) is 0 Å². The van der Waals surface area contributed by atoms with Gasteiger partial charge in [-0.15, -0.1) is 12.4 Å². The molecule has 22 heavy (non-hydrogen) atoms. The minimum Gasteiger partial charge on any atom is -0.339 e. The molecule has 0 aliphatic heterocycles. The lowest BCUT2D eigenvalue weighted by Gasteiger charge is -2.34. The topological polar surface area (TPSA) is 64.9 Å². The third kappa shape index (κ3) is 3.18. The molecule has 0 radical (unpaired) electrons. The first-order chi connectivity index (χ1) is 9.89. The minimum atomic E-state index is -0.351. The molecule has 1 fully saturated rings. The van der Waals surface area contributed by atoms with Crippen LogP contribution >= 0.6 is 12.4 Å². The number of halogens is 1. The van der Waals surface area contributed by atoms with Crippen LogP contribution in [0.15, 0.2) is 28.8 Å². The van der Waals surface area contributed by atoms with Gasteiger partial charge in [0.15, 0.2) is 5.82 Å². The number of aryl methyl sites for hydroxylation is 1. The summed E-state index contributed by atoms with van der Waals surface area (Å²) in [6, 6.07) is 8.62. The van der Waals surface area contributed by atoms with Crippen LogP contribution in [0.1, 0.15) is 56.0 Å². The van der Waals surface area contributed by atoms with Crippen molar-refractivity contribution >= 4 is 12.4 Å². The highest BCUT2D eigenvalue weighted by atomic mass is 35.5. The van der Waals surface area contributed by atoms with Crippen molar-refractivity contribution in [3.63, 3.8) is 0 Å². The first kappa shape index (κ1) is 17.0. The molecule has 2 aromatic rings. The number of aromatic nitrogens is 2. The van der Waals surface area contributed by atoms with Gasteiger partial charge >= 0.3 is 0 Å². The van der Waals surface area contributed by atoms with E-state index in [2.05, 4.69) is 55.2 Å². The zero-order chi connectivity index (χ0) is 15.1. The average Bonchev–Trinajstić information content (AvgIpc) is 2.84. The van der Waals surface area contributed by atoms with Crippen LogP contribution in [0.2, 0.25) is 0 Å². The van der Waals surface area contributed by atoms with E-state index in [1.165, 1.54) is 11.1 Å². The summed E-state index contributed by atoms with van der Waals surface area (Å²) >= 11 is 0. The van der Waals surface area contributed by atoms with Crippen molar-refractivity contribution in [2.75, 3.05) is 0 Å². The first-order valence-electron chi connectivity index (χ1n) is 7.58. The lowest BCUT2D eigenvalue weighted by Crippen LogP contribution is -2.44. The maximum Gasteiger partial charge on any atom is 0.227 e. The Morgan fingerprint density at radius 3 is 2.41 bits per heavy atom. The maximum absolute atomic E-state index is 6.24. The Morgan fingerprint density at radius 1 is 1.23 bits per heavy atom. The number of hydrogen-bond donors (Lipinski definition) is 1. The van der Waals surface area contributed by atoms with Gasteiger partial charge in [-0.25, -0.2) is 0 Å². The Morgan fingerprint density at radius 2 is 1.86 bits per heavy atom. The molecule has 5 heteroatoms. The van der Waals surface area contributed by atoms with Crippen LogP contribution in [0.3, 0.4) is 0 Å². The van der Waals surface area contributed by atoms with Crippen molar-refractivity contribution in [1.29, 1.82) is 0 Å². The van der Waals surface area contributed by atoms with E-state index >= 15 is 0 Å². The first-order valence-corrected chi connectivity index (χ1v) is 7.58. The molecule has 0 spiro atoms. The van der Waals surface area contributed by atoms with Gasteiger partial charge in [0.2, 0.25) is 5.89 Å². The zero-order valence-electron chi connectivity index (χ0n) is 13.4. The van der Waals surface area contributed by atoms with E-state index < -0.39 is 0 Å². The highest BCUT2D eigenvalue weighted by Gasteiger charge is 2.39. The van der Waals surface area contributed by atoms with Crippen molar-refractivity contribution in [3.05, 3.63) is 47.1 Å². The lowest BCUT2D eigenvalue weighted by molar-refractivity contribution is 0.228. The van der Waals surface area contributed by atoms with Gasteiger partial charge in [0.25, 0.3) is 0 Å². The van der Waals surface area contributed by atoms with E-state index in [9.17, 15) is 0 Å². The summed E-state index contributed by atoms with van der Waals surface area (Å²) < 4.78 is 5.43. The van der Waals surface area contributed by atoms with E-state index in [0.29, 0.717) is 11.7 Å². The molecule has 1 aliphatic carbocycles. The summed E-state index contributed by atoms with van der Waals surface area (Å²) in [4.78, 5) is 4.53. The number of rotatable bonds is 4. The largest absolute Gasteiger partial charge is 0.339 e. The molecule has 120 valence electrons. The van der Waals surface area contributed by atoms with Gasteiger partial charge in [-0.2, -0.15) is 4.98 Å². The number of nitrogens with two attached hydrogens (primary N) is 1. The maximum atomic E-state index is 6.24. The summed E-state index contributed by atoms with van der Waals surface area (Å²) in [7, 11) is 0. The fraction of sp³-hybridized carbons (Fsp3) is 0.529. The van der Waals surface area contributed by atoms with Crippen molar-refractivity contribution in [2.45, 2.75) is 57.4 Å². The monoisotopic (exact) mass is 321 g/mol. The molecule has 4 nitrogen and oxygen atoms in total. The molecule has 0 unspecified atom stereocenters. The number of benzene rings is 1. The van der Waals surface area contributed by atoms with Gasteiger partial charge < -0.3 is 10.3 Å². The normalized spacial score (nSPS) is 16.7. The Balaban J connectivity index is 0.00000176. The van der Waals surface area contributed by atoms with Crippen LogP contribution in [0.25, 0.3) is 0 Å². The van der Waals surface area contributed by atoms with Crippen molar-refractivity contribution < 1.29 is 4.52 Å². The summed E-state index contributed by atoms with van der Waals surface area (Å²) in [5.41, 5.74) is 8.39. The lowest BCUT2D eigenvalue weighted by atomic mass is 9.77.